The average molecular weight is 376 g/mol. The molecule has 0 bridgehead atoms. The Hall–Kier alpha value is -0.750. The Morgan fingerprint density at radius 1 is 1.39 bits per heavy atom. The van der Waals surface area contributed by atoms with Crippen LogP contribution in [0, 0.1) is 6.92 Å². The molecule has 1 heterocycles. The van der Waals surface area contributed by atoms with Crippen molar-refractivity contribution < 1.29 is 0 Å². The van der Waals surface area contributed by atoms with E-state index in [1.54, 1.807) is 0 Å². The quantitative estimate of drug-likeness (QED) is 0.834. The zero-order chi connectivity index (χ0) is 13.3. The van der Waals surface area contributed by atoms with Gasteiger partial charge in [-0.25, -0.2) is 0 Å². The van der Waals surface area contributed by atoms with Gasteiger partial charge in [0, 0.05) is 30.8 Å². The molecule has 1 aromatic carbocycles. The molecule has 0 saturated carbocycles. The molecular formula is C12H16Br2N4. The van der Waals surface area contributed by atoms with Crippen molar-refractivity contribution in [1.29, 1.82) is 0 Å². The van der Waals surface area contributed by atoms with E-state index in [9.17, 15) is 0 Å². The van der Waals surface area contributed by atoms with Crippen LogP contribution >= 0.6 is 31.9 Å². The first-order valence-corrected chi connectivity index (χ1v) is 7.30. The van der Waals surface area contributed by atoms with Crippen molar-refractivity contribution in [2.24, 2.45) is 4.99 Å². The Bertz CT molecular complexity index is 497. The van der Waals surface area contributed by atoms with E-state index in [1.165, 1.54) is 11.3 Å². The molecule has 18 heavy (non-hydrogen) atoms. The molecule has 1 aliphatic heterocycles. The summed E-state index contributed by atoms with van der Waals surface area (Å²) in [4.78, 5) is 6.46. The van der Waals surface area contributed by atoms with E-state index in [0.717, 1.165) is 33.7 Å². The van der Waals surface area contributed by atoms with Gasteiger partial charge in [-0.3, -0.25) is 4.99 Å². The minimum Gasteiger partial charge on any atom is -0.377 e. The first-order valence-electron chi connectivity index (χ1n) is 5.72. The van der Waals surface area contributed by atoms with Crippen LogP contribution in [0.3, 0.4) is 0 Å². The molecule has 0 aromatic heterocycles. The van der Waals surface area contributed by atoms with E-state index in [2.05, 4.69) is 65.4 Å². The van der Waals surface area contributed by atoms with Gasteiger partial charge in [-0.05, 0) is 50.4 Å². The van der Waals surface area contributed by atoms with Gasteiger partial charge in [0.1, 0.15) is 0 Å². The highest BCUT2D eigenvalue weighted by atomic mass is 79.9. The molecule has 1 aromatic rings. The Labute approximate surface area is 124 Å². The van der Waals surface area contributed by atoms with Crippen LogP contribution in [0.4, 0.5) is 11.4 Å². The summed E-state index contributed by atoms with van der Waals surface area (Å²) in [7, 11) is 4.08. The van der Waals surface area contributed by atoms with Crippen molar-refractivity contribution in [2.45, 2.75) is 6.92 Å². The topological polar surface area (TPSA) is 39.7 Å². The third kappa shape index (κ3) is 2.64. The molecule has 0 aliphatic carbocycles. The Balaban J connectivity index is 2.43. The minimum absolute atomic E-state index is 0.827. The van der Waals surface area contributed by atoms with E-state index in [-0.39, 0.29) is 0 Å². The second-order valence-corrected chi connectivity index (χ2v) is 6.02. The first kappa shape index (κ1) is 13.7. The predicted molar refractivity (Wildman–Crippen MR) is 84.8 cm³/mol. The Morgan fingerprint density at radius 2 is 2.11 bits per heavy atom. The number of aliphatic imine (C=N–C) groups is 1. The SMILES string of the molecule is Cc1c(N(C)C)cc(Br)c(Br)c1NC1=NCCN1. The lowest BCUT2D eigenvalue weighted by Crippen LogP contribution is -2.27. The van der Waals surface area contributed by atoms with Crippen LogP contribution in [-0.4, -0.2) is 33.1 Å². The molecular weight excluding hydrogens is 360 g/mol. The van der Waals surface area contributed by atoms with Crippen molar-refractivity contribution in [3.63, 3.8) is 0 Å². The zero-order valence-electron chi connectivity index (χ0n) is 10.6. The lowest BCUT2D eigenvalue weighted by molar-refractivity contribution is 0.959. The van der Waals surface area contributed by atoms with Gasteiger partial charge in [-0.15, -0.1) is 0 Å². The summed E-state index contributed by atoms with van der Waals surface area (Å²) >= 11 is 7.19. The molecule has 0 spiro atoms. The van der Waals surface area contributed by atoms with E-state index >= 15 is 0 Å². The lowest BCUT2D eigenvalue weighted by atomic mass is 10.1. The number of anilines is 2. The van der Waals surface area contributed by atoms with Gasteiger partial charge in [0.25, 0.3) is 0 Å². The fraction of sp³-hybridized carbons (Fsp3) is 0.417. The van der Waals surface area contributed by atoms with Crippen LogP contribution in [-0.2, 0) is 0 Å². The molecule has 0 atom stereocenters. The smallest absolute Gasteiger partial charge is 0.195 e. The number of hydrogen-bond acceptors (Lipinski definition) is 4. The van der Waals surface area contributed by atoms with Crippen molar-refractivity contribution >= 4 is 49.2 Å². The summed E-state index contributed by atoms with van der Waals surface area (Å²) in [5, 5.41) is 6.57. The highest BCUT2D eigenvalue weighted by Crippen LogP contribution is 2.39. The largest absolute Gasteiger partial charge is 0.377 e. The highest BCUT2D eigenvalue weighted by Gasteiger charge is 2.16. The normalized spacial score (nSPS) is 14.2. The molecule has 6 heteroatoms. The molecule has 0 radical (unpaired) electrons. The molecule has 0 unspecified atom stereocenters. The number of halogens is 2. The van der Waals surface area contributed by atoms with Crippen LogP contribution < -0.4 is 15.5 Å². The minimum atomic E-state index is 0.827. The molecule has 2 rings (SSSR count). The Morgan fingerprint density at radius 3 is 2.67 bits per heavy atom. The predicted octanol–water partition coefficient (Wildman–Crippen LogP) is 2.96. The number of nitrogens with one attached hydrogen (secondary N) is 2. The van der Waals surface area contributed by atoms with Crippen LogP contribution in [0.25, 0.3) is 0 Å². The molecule has 0 amide bonds. The van der Waals surface area contributed by atoms with Gasteiger partial charge >= 0.3 is 0 Å². The number of guanidine groups is 1. The average Bonchev–Trinajstić information content (AvgIpc) is 2.81. The third-order valence-electron chi connectivity index (χ3n) is 2.85. The highest BCUT2D eigenvalue weighted by molar-refractivity contribution is 9.13. The summed E-state index contributed by atoms with van der Waals surface area (Å²) in [6.45, 7) is 3.82. The molecule has 1 aliphatic rings. The van der Waals surface area contributed by atoms with E-state index in [4.69, 9.17) is 0 Å². The Kier molecular flexibility index (Phi) is 4.17. The fourth-order valence-electron chi connectivity index (χ4n) is 1.92. The van der Waals surface area contributed by atoms with Gasteiger partial charge in [0.05, 0.1) is 16.7 Å². The standard InChI is InChI=1S/C12H16Br2N4/c1-7-9(18(2)3)6-8(13)10(14)11(7)17-12-15-4-5-16-12/h6H,4-5H2,1-3H3,(H2,15,16,17). The maximum atomic E-state index is 4.36. The van der Waals surface area contributed by atoms with Crippen LogP contribution in [0.5, 0.6) is 0 Å². The second kappa shape index (κ2) is 5.48. The first-order chi connectivity index (χ1) is 8.50. The summed E-state index contributed by atoms with van der Waals surface area (Å²) < 4.78 is 2.04. The monoisotopic (exact) mass is 374 g/mol. The number of rotatable bonds is 2. The number of nitrogens with zero attached hydrogens (tertiary/aromatic N) is 2. The van der Waals surface area contributed by atoms with Crippen molar-refractivity contribution in [3.8, 4) is 0 Å². The van der Waals surface area contributed by atoms with Gasteiger partial charge in [0.15, 0.2) is 5.96 Å². The van der Waals surface area contributed by atoms with E-state index in [1.807, 2.05) is 14.1 Å². The molecule has 2 N–H and O–H groups in total. The van der Waals surface area contributed by atoms with Gasteiger partial charge in [0.2, 0.25) is 0 Å². The summed E-state index contributed by atoms with van der Waals surface area (Å²) in [5.41, 5.74) is 3.40. The zero-order valence-corrected chi connectivity index (χ0v) is 13.8. The molecule has 98 valence electrons. The molecule has 0 saturated heterocycles. The van der Waals surface area contributed by atoms with Crippen molar-refractivity contribution in [1.82, 2.24) is 5.32 Å². The van der Waals surface area contributed by atoms with Gasteiger partial charge in [-0.1, -0.05) is 0 Å². The van der Waals surface area contributed by atoms with E-state index < -0.39 is 0 Å². The maximum absolute atomic E-state index is 4.36. The maximum Gasteiger partial charge on any atom is 0.195 e. The molecule has 0 fully saturated rings. The summed E-state index contributed by atoms with van der Waals surface area (Å²) in [6, 6.07) is 2.11. The van der Waals surface area contributed by atoms with Crippen molar-refractivity contribution in [3.05, 3.63) is 20.6 Å². The second-order valence-electron chi connectivity index (χ2n) is 4.37. The van der Waals surface area contributed by atoms with Crippen LogP contribution in [0.1, 0.15) is 5.56 Å². The number of hydrogen-bond donors (Lipinski definition) is 2. The van der Waals surface area contributed by atoms with Gasteiger partial charge < -0.3 is 15.5 Å². The summed E-state index contributed by atoms with van der Waals surface area (Å²) in [5.74, 6) is 0.835. The lowest BCUT2D eigenvalue weighted by Gasteiger charge is -2.21. The van der Waals surface area contributed by atoms with E-state index in [0.29, 0.717) is 0 Å². The number of benzene rings is 1. The van der Waals surface area contributed by atoms with Gasteiger partial charge in [-0.2, -0.15) is 0 Å². The summed E-state index contributed by atoms with van der Waals surface area (Å²) in [6.07, 6.45) is 0. The molecule has 4 nitrogen and oxygen atoms in total. The third-order valence-corrected chi connectivity index (χ3v) is 4.83. The van der Waals surface area contributed by atoms with Crippen LogP contribution in [0.15, 0.2) is 20.0 Å². The fourth-order valence-corrected chi connectivity index (χ4v) is 2.84. The van der Waals surface area contributed by atoms with Crippen LogP contribution in [0.2, 0.25) is 0 Å². The van der Waals surface area contributed by atoms with Crippen molar-refractivity contribution in [2.75, 3.05) is 37.4 Å².